The maximum absolute atomic E-state index is 12.4. The summed E-state index contributed by atoms with van der Waals surface area (Å²) < 4.78 is 16.3. The summed E-state index contributed by atoms with van der Waals surface area (Å²) in [5, 5.41) is 0. The van der Waals surface area contributed by atoms with E-state index in [1.807, 2.05) is 18.2 Å². The molecule has 3 rings (SSSR count). The van der Waals surface area contributed by atoms with Crippen molar-refractivity contribution in [2.75, 3.05) is 40.0 Å². The zero-order chi connectivity index (χ0) is 17.0. The van der Waals surface area contributed by atoms with Crippen LogP contribution in [0.3, 0.4) is 0 Å². The molecule has 2 aliphatic heterocycles. The van der Waals surface area contributed by atoms with Crippen molar-refractivity contribution in [3.63, 3.8) is 0 Å². The molecule has 0 atom stereocenters. The van der Waals surface area contributed by atoms with E-state index in [1.54, 1.807) is 18.1 Å². The Morgan fingerprint density at radius 1 is 1.25 bits per heavy atom. The fourth-order valence-corrected chi connectivity index (χ4v) is 3.28. The van der Waals surface area contributed by atoms with Gasteiger partial charge < -0.3 is 19.1 Å². The molecule has 6 heteroatoms. The lowest BCUT2D eigenvalue weighted by Crippen LogP contribution is -2.52. The Bertz CT molecular complexity index is 607. The predicted octanol–water partition coefficient (Wildman–Crippen LogP) is 1.68. The van der Waals surface area contributed by atoms with Gasteiger partial charge >= 0.3 is 0 Å². The second-order valence-electron chi connectivity index (χ2n) is 6.31. The molecule has 1 aromatic rings. The van der Waals surface area contributed by atoms with E-state index in [-0.39, 0.29) is 18.3 Å². The Morgan fingerprint density at radius 3 is 2.75 bits per heavy atom. The van der Waals surface area contributed by atoms with Crippen LogP contribution < -0.4 is 4.74 Å². The Morgan fingerprint density at radius 2 is 2.00 bits per heavy atom. The summed E-state index contributed by atoms with van der Waals surface area (Å²) in [4.78, 5) is 26.3. The average molecular weight is 333 g/mol. The van der Waals surface area contributed by atoms with Crippen LogP contribution in [0.5, 0.6) is 5.75 Å². The fourth-order valence-electron chi connectivity index (χ4n) is 3.28. The van der Waals surface area contributed by atoms with E-state index in [2.05, 4.69) is 0 Å². The molecule has 6 nitrogen and oxygen atoms in total. The van der Waals surface area contributed by atoms with E-state index >= 15 is 0 Å². The maximum Gasteiger partial charge on any atom is 0.248 e. The second-order valence-corrected chi connectivity index (χ2v) is 6.31. The number of benzene rings is 1. The molecule has 0 unspecified atom stereocenters. The van der Waals surface area contributed by atoms with Gasteiger partial charge in [0.15, 0.2) is 5.78 Å². The van der Waals surface area contributed by atoms with Gasteiger partial charge in [0.25, 0.3) is 0 Å². The van der Waals surface area contributed by atoms with E-state index in [9.17, 15) is 9.59 Å². The Balaban J connectivity index is 1.55. The number of rotatable bonds is 5. The zero-order valence-corrected chi connectivity index (χ0v) is 14.0. The van der Waals surface area contributed by atoms with Crippen molar-refractivity contribution in [3.05, 3.63) is 29.8 Å². The van der Waals surface area contributed by atoms with Crippen LogP contribution in [0.4, 0.5) is 0 Å². The molecule has 2 heterocycles. The lowest BCUT2D eigenvalue weighted by Gasteiger charge is -2.43. The smallest absolute Gasteiger partial charge is 0.248 e. The van der Waals surface area contributed by atoms with Crippen LogP contribution in [-0.4, -0.2) is 62.2 Å². The van der Waals surface area contributed by atoms with Gasteiger partial charge in [-0.15, -0.1) is 0 Å². The van der Waals surface area contributed by atoms with Crippen molar-refractivity contribution in [3.8, 4) is 5.75 Å². The standard InChI is InChI=1S/C18H23NO5/c1-22-10-11-23-13-17(21)19-8-6-18(7-9-19)12-15(20)14-4-2-3-5-16(14)24-18/h2-5H,6-13H2,1H3. The van der Waals surface area contributed by atoms with Gasteiger partial charge in [0, 0.05) is 33.0 Å². The molecule has 2 aliphatic rings. The first-order chi connectivity index (χ1) is 11.6. The van der Waals surface area contributed by atoms with Gasteiger partial charge in [-0.3, -0.25) is 9.59 Å². The molecule has 1 amide bonds. The first-order valence-corrected chi connectivity index (χ1v) is 8.29. The Hall–Kier alpha value is -1.92. The molecule has 0 N–H and O–H groups in total. The molecular formula is C18H23NO5. The van der Waals surface area contributed by atoms with Gasteiger partial charge in [0.1, 0.15) is 18.0 Å². The minimum atomic E-state index is -0.473. The van der Waals surface area contributed by atoms with Crippen LogP contribution >= 0.6 is 0 Å². The van der Waals surface area contributed by atoms with Crippen LogP contribution in [0.2, 0.25) is 0 Å². The molecule has 0 aromatic heterocycles. The number of Topliss-reactive ketones (excluding diaryl/α,β-unsaturated/α-hetero) is 1. The van der Waals surface area contributed by atoms with Gasteiger partial charge in [0.2, 0.25) is 5.91 Å². The number of carbonyl (C=O) groups excluding carboxylic acids is 2. The molecule has 0 saturated carbocycles. The molecule has 0 bridgehead atoms. The van der Waals surface area contributed by atoms with E-state index in [0.29, 0.717) is 56.9 Å². The summed E-state index contributed by atoms with van der Waals surface area (Å²) in [5.41, 5.74) is 0.187. The number of para-hydroxylation sites is 1. The van der Waals surface area contributed by atoms with Crippen LogP contribution in [0.25, 0.3) is 0 Å². The highest BCUT2D eigenvalue weighted by Gasteiger charge is 2.43. The molecule has 0 aliphatic carbocycles. The quantitative estimate of drug-likeness (QED) is 0.767. The highest BCUT2D eigenvalue weighted by atomic mass is 16.5. The minimum absolute atomic E-state index is 0.0245. The Kier molecular flexibility index (Phi) is 5.16. The van der Waals surface area contributed by atoms with E-state index in [1.165, 1.54) is 0 Å². The van der Waals surface area contributed by atoms with Crippen molar-refractivity contribution in [1.82, 2.24) is 4.90 Å². The van der Waals surface area contributed by atoms with Crippen LogP contribution in [0.15, 0.2) is 24.3 Å². The van der Waals surface area contributed by atoms with E-state index < -0.39 is 5.60 Å². The summed E-state index contributed by atoms with van der Waals surface area (Å²) in [7, 11) is 1.60. The second kappa shape index (κ2) is 7.32. The number of amides is 1. The number of nitrogens with zero attached hydrogens (tertiary/aromatic N) is 1. The maximum atomic E-state index is 12.4. The lowest BCUT2D eigenvalue weighted by molar-refractivity contribution is -0.140. The first-order valence-electron chi connectivity index (χ1n) is 8.29. The summed E-state index contributed by atoms with van der Waals surface area (Å²) >= 11 is 0. The third-order valence-corrected chi connectivity index (χ3v) is 4.68. The van der Waals surface area contributed by atoms with E-state index in [0.717, 1.165) is 0 Å². The fraction of sp³-hybridized carbons (Fsp3) is 0.556. The summed E-state index contributed by atoms with van der Waals surface area (Å²) in [6.07, 6.45) is 1.71. The lowest BCUT2D eigenvalue weighted by atomic mass is 9.82. The summed E-state index contributed by atoms with van der Waals surface area (Å²) in [5.74, 6) is 0.763. The molecule has 0 radical (unpaired) electrons. The zero-order valence-electron chi connectivity index (χ0n) is 14.0. The van der Waals surface area contributed by atoms with Crippen molar-refractivity contribution in [1.29, 1.82) is 0 Å². The normalized spacial score (nSPS) is 19.0. The Labute approximate surface area is 141 Å². The molecule has 130 valence electrons. The van der Waals surface area contributed by atoms with Crippen molar-refractivity contribution >= 4 is 11.7 Å². The van der Waals surface area contributed by atoms with Gasteiger partial charge in [-0.1, -0.05) is 12.1 Å². The number of ether oxygens (including phenoxy) is 3. The summed E-state index contributed by atoms with van der Waals surface area (Å²) in [6, 6.07) is 7.37. The number of methoxy groups -OCH3 is 1. The van der Waals surface area contributed by atoms with Gasteiger partial charge in [-0.25, -0.2) is 0 Å². The number of hydrogen-bond donors (Lipinski definition) is 0. The minimum Gasteiger partial charge on any atom is -0.486 e. The molecule has 24 heavy (non-hydrogen) atoms. The average Bonchev–Trinajstić information content (AvgIpc) is 2.59. The molecular weight excluding hydrogens is 310 g/mol. The third kappa shape index (κ3) is 3.60. The first kappa shape index (κ1) is 16.9. The number of likely N-dealkylation sites (tertiary alicyclic amines) is 1. The summed E-state index contributed by atoms with van der Waals surface area (Å²) in [6.45, 7) is 2.13. The molecule has 1 fully saturated rings. The van der Waals surface area contributed by atoms with Gasteiger partial charge in [0.05, 0.1) is 25.2 Å². The number of hydrogen-bond acceptors (Lipinski definition) is 5. The molecule has 1 spiro atoms. The van der Waals surface area contributed by atoms with Crippen molar-refractivity contribution in [2.45, 2.75) is 24.9 Å². The predicted molar refractivity (Wildman–Crippen MR) is 87.3 cm³/mol. The topological polar surface area (TPSA) is 65.1 Å². The SMILES string of the molecule is COCCOCC(=O)N1CCC2(CC1)CC(=O)c1ccccc1O2. The van der Waals surface area contributed by atoms with Gasteiger partial charge in [-0.05, 0) is 12.1 Å². The monoisotopic (exact) mass is 333 g/mol. The van der Waals surface area contributed by atoms with Crippen LogP contribution in [0.1, 0.15) is 29.6 Å². The number of carbonyl (C=O) groups is 2. The third-order valence-electron chi connectivity index (χ3n) is 4.68. The highest BCUT2D eigenvalue weighted by molar-refractivity contribution is 6.00. The molecule has 1 saturated heterocycles. The highest BCUT2D eigenvalue weighted by Crippen LogP contribution is 2.39. The van der Waals surface area contributed by atoms with Crippen molar-refractivity contribution in [2.24, 2.45) is 0 Å². The van der Waals surface area contributed by atoms with Crippen LogP contribution in [-0.2, 0) is 14.3 Å². The largest absolute Gasteiger partial charge is 0.486 e. The van der Waals surface area contributed by atoms with Crippen molar-refractivity contribution < 1.29 is 23.8 Å². The number of ketones is 1. The van der Waals surface area contributed by atoms with Crippen LogP contribution in [0, 0.1) is 0 Å². The number of fused-ring (bicyclic) bond motifs is 1. The van der Waals surface area contributed by atoms with Gasteiger partial charge in [-0.2, -0.15) is 0 Å². The van der Waals surface area contributed by atoms with E-state index in [4.69, 9.17) is 14.2 Å². The number of piperidine rings is 1. The molecule has 1 aromatic carbocycles.